The fourth-order valence-corrected chi connectivity index (χ4v) is 1.94. The molecule has 2 rings (SSSR count). The van der Waals surface area contributed by atoms with Crippen LogP contribution in [-0.2, 0) is 6.61 Å². The molecule has 0 saturated carbocycles. The normalized spacial score (nSPS) is 12.7. The number of ether oxygens (including phenoxy) is 1. The third-order valence-corrected chi connectivity index (χ3v) is 3.09. The molecule has 108 valence electrons. The minimum absolute atomic E-state index is 0.0887. The molecule has 2 aromatic rings. The number of aromatic nitrogens is 2. The van der Waals surface area contributed by atoms with Gasteiger partial charge in [-0.25, -0.2) is 4.98 Å². The first kappa shape index (κ1) is 14.7. The van der Waals surface area contributed by atoms with Gasteiger partial charge in [0.1, 0.15) is 12.4 Å². The fourth-order valence-electron chi connectivity index (χ4n) is 1.69. The SMILES string of the molecule is C[C@@H](N)c1ccc(OCc2nccn2C(F)F)c(Cl)c1. The quantitative estimate of drug-likeness (QED) is 0.919. The highest BCUT2D eigenvalue weighted by Gasteiger charge is 2.13. The summed E-state index contributed by atoms with van der Waals surface area (Å²) in [5.41, 5.74) is 6.61. The Morgan fingerprint density at radius 1 is 1.45 bits per heavy atom. The van der Waals surface area contributed by atoms with E-state index in [4.69, 9.17) is 22.1 Å². The van der Waals surface area contributed by atoms with Crippen LogP contribution in [0.5, 0.6) is 5.75 Å². The predicted molar refractivity (Wildman–Crippen MR) is 71.9 cm³/mol. The zero-order chi connectivity index (χ0) is 14.7. The van der Waals surface area contributed by atoms with Crippen molar-refractivity contribution in [1.29, 1.82) is 0 Å². The van der Waals surface area contributed by atoms with Crippen molar-refractivity contribution in [1.82, 2.24) is 9.55 Å². The molecule has 0 amide bonds. The summed E-state index contributed by atoms with van der Waals surface area (Å²) in [4.78, 5) is 3.82. The van der Waals surface area contributed by atoms with Crippen LogP contribution >= 0.6 is 11.6 Å². The second kappa shape index (κ2) is 6.19. The number of nitrogens with zero attached hydrogens (tertiary/aromatic N) is 2. The van der Waals surface area contributed by atoms with E-state index in [9.17, 15) is 8.78 Å². The van der Waals surface area contributed by atoms with Gasteiger partial charge in [0, 0.05) is 18.4 Å². The van der Waals surface area contributed by atoms with Crippen molar-refractivity contribution >= 4 is 11.6 Å². The van der Waals surface area contributed by atoms with Crippen LogP contribution in [0, 0.1) is 0 Å². The molecule has 0 fully saturated rings. The summed E-state index contributed by atoms with van der Waals surface area (Å²) < 4.78 is 31.4. The third-order valence-electron chi connectivity index (χ3n) is 2.80. The van der Waals surface area contributed by atoms with Crippen molar-refractivity contribution in [2.24, 2.45) is 5.73 Å². The Kier molecular flexibility index (Phi) is 4.57. The Labute approximate surface area is 120 Å². The van der Waals surface area contributed by atoms with Crippen LogP contribution in [0.25, 0.3) is 0 Å². The summed E-state index contributed by atoms with van der Waals surface area (Å²) in [6.45, 7) is -0.896. The highest BCUT2D eigenvalue weighted by molar-refractivity contribution is 6.32. The summed E-state index contributed by atoms with van der Waals surface area (Å²) in [6.07, 6.45) is 2.50. The van der Waals surface area contributed by atoms with E-state index >= 15 is 0 Å². The summed E-state index contributed by atoms with van der Waals surface area (Å²) >= 11 is 6.06. The Hall–Kier alpha value is -1.66. The first-order chi connectivity index (χ1) is 9.49. The van der Waals surface area contributed by atoms with Crippen molar-refractivity contribution in [2.45, 2.75) is 26.1 Å². The summed E-state index contributed by atoms with van der Waals surface area (Å²) in [5.74, 6) is 0.534. The molecule has 0 unspecified atom stereocenters. The molecule has 1 heterocycles. The highest BCUT2D eigenvalue weighted by Crippen LogP contribution is 2.28. The predicted octanol–water partition coefficient (Wildman–Crippen LogP) is 3.53. The van der Waals surface area contributed by atoms with Gasteiger partial charge in [-0.3, -0.25) is 4.57 Å². The average Bonchev–Trinajstić information content (AvgIpc) is 2.85. The lowest BCUT2D eigenvalue weighted by atomic mass is 10.1. The Bertz CT molecular complexity index is 587. The molecular weight excluding hydrogens is 288 g/mol. The summed E-state index contributed by atoms with van der Waals surface area (Å²) in [7, 11) is 0. The van der Waals surface area contributed by atoms with E-state index in [1.165, 1.54) is 12.4 Å². The molecule has 0 saturated heterocycles. The number of alkyl halides is 2. The van der Waals surface area contributed by atoms with Gasteiger partial charge in [0.25, 0.3) is 0 Å². The average molecular weight is 302 g/mol. The largest absolute Gasteiger partial charge is 0.484 e. The van der Waals surface area contributed by atoms with E-state index < -0.39 is 6.55 Å². The number of rotatable bonds is 5. The molecule has 0 aliphatic heterocycles. The number of benzene rings is 1. The number of hydrogen-bond donors (Lipinski definition) is 1. The monoisotopic (exact) mass is 301 g/mol. The molecule has 0 radical (unpaired) electrons. The molecule has 1 aromatic carbocycles. The van der Waals surface area contributed by atoms with E-state index in [0.29, 0.717) is 10.8 Å². The van der Waals surface area contributed by atoms with Gasteiger partial charge >= 0.3 is 6.55 Å². The lowest BCUT2D eigenvalue weighted by molar-refractivity contribution is 0.0632. The van der Waals surface area contributed by atoms with Crippen LogP contribution in [0.2, 0.25) is 5.02 Å². The van der Waals surface area contributed by atoms with Gasteiger partial charge in [0.15, 0.2) is 5.82 Å². The first-order valence-electron chi connectivity index (χ1n) is 5.96. The highest BCUT2D eigenvalue weighted by atomic mass is 35.5. The van der Waals surface area contributed by atoms with E-state index in [2.05, 4.69) is 4.98 Å². The molecule has 0 aliphatic carbocycles. The Morgan fingerprint density at radius 2 is 2.20 bits per heavy atom. The van der Waals surface area contributed by atoms with Gasteiger partial charge in [0.2, 0.25) is 0 Å². The van der Waals surface area contributed by atoms with Crippen molar-refractivity contribution in [3.05, 3.63) is 47.0 Å². The number of hydrogen-bond acceptors (Lipinski definition) is 3. The van der Waals surface area contributed by atoms with E-state index in [1.807, 2.05) is 6.92 Å². The second-order valence-corrected chi connectivity index (χ2v) is 4.70. The van der Waals surface area contributed by atoms with Crippen LogP contribution in [0.1, 0.15) is 30.9 Å². The van der Waals surface area contributed by atoms with Gasteiger partial charge in [-0.2, -0.15) is 8.78 Å². The van der Waals surface area contributed by atoms with Gasteiger partial charge < -0.3 is 10.5 Å². The third kappa shape index (κ3) is 3.26. The second-order valence-electron chi connectivity index (χ2n) is 4.30. The molecule has 0 spiro atoms. The number of nitrogens with two attached hydrogens (primary N) is 1. The fraction of sp³-hybridized carbons (Fsp3) is 0.308. The molecule has 2 N–H and O–H groups in total. The zero-order valence-corrected chi connectivity index (χ0v) is 11.5. The molecule has 20 heavy (non-hydrogen) atoms. The maximum absolute atomic E-state index is 12.6. The van der Waals surface area contributed by atoms with E-state index in [0.717, 1.165) is 10.1 Å². The smallest absolute Gasteiger partial charge is 0.320 e. The van der Waals surface area contributed by atoms with Crippen molar-refractivity contribution in [3.8, 4) is 5.75 Å². The molecule has 0 aliphatic rings. The summed E-state index contributed by atoms with van der Waals surface area (Å²) in [6, 6.07) is 5.00. The van der Waals surface area contributed by atoms with Crippen LogP contribution in [-0.4, -0.2) is 9.55 Å². The Morgan fingerprint density at radius 3 is 2.80 bits per heavy atom. The number of imidazole rings is 1. The summed E-state index contributed by atoms with van der Waals surface area (Å²) in [5, 5.41) is 0.384. The van der Waals surface area contributed by atoms with Crippen LogP contribution in [0.3, 0.4) is 0 Å². The Balaban J connectivity index is 2.09. The van der Waals surface area contributed by atoms with Crippen LogP contribution in [0.15, 0.2) is 30.6 Å². The maximum Gasteiger partial charge on any atom is 0.320 e. The van der Waals surface area contributed by atoms with Gasteiger partial charge in [-0.15, -0.1) is 0 Å². The molecule has 0 bridgehead atoms. The molecule has 7 heteroatoms. The van der Waals surface area contributed by atoms with Crippen molar-refractivity contribution < 1.29 is 13.5 Å². The lowest BCUT2D eigenvalue weighted by Crippen LogP contribution is -2.08. The van der Waals surface area contributed by atoms with Gasteiger partial charge in [-0.1, -0.05) is 17.7 Å². The van der Waals surface area contributed by atoms with Crippen LogP contribution < -0.4 is 10.5 Å². The van der Waals surface area contributed by atoms with E-state index in [1.54, 1.807) is 18.2 Å². The zero-order valence-electron chi connectivity index (χ0n) is 10.8. The minimum Gasteiger partial charge on any atom is -0.484 e. The van der Waals surface area contributed by atoms with Gasteiger partial charge in [0.05, 0.1) is 5.02 Å². The molecular formula is C13H14ClF2N3O. The minimum atomic E-state index is -2.65. The standard InChI is InChI=1S/C13H14ClF2N3O/c1-8(17)9-2-3-11(10(14)6-9)20-7-12-18-4-5-19(12)13(15)16/h2-6,8,13H,7,17H2,1H3/t8-/m1/s1. The van der Waals surface area contributed by atoms with Crippen molar-refractivity contribution in [2.75, 3.05) is 0 Å². The van der Waals surface area contributed by atoms with Crippen molar-refractivity contribution in [3.63, 3.8) is 0 Å². The molecule has 1 atom stereocenters. The topological polar surface area (TPSA) is 53.1 Å². The molecule has 4 nitrogen and oxygen atoms in total. The van der Waals surface area contributed by atoms with Crippen LogP contribution in [0.4, 0.5) is 8.78 Å². The lowest BCUT2D eigenvalue weighted by Gasteiger charge is -2.12. The van der Waals surface area contributed by atoms with Gasteiger partial charge in [-0.05, 0) is 24.6 Å². The van der Waals surface area contributed by atoms with E-state index in [-0.39, 0.29) is 18.5 Å². The first-order valence-corrected chi connectivity index (χ1v) is 6.34. The molecule has 1 aromatic heterocycles. The maximum atomic E-state index is 12.6. The number of halogens is 3.